The van der Waals surface area contributed by atoms with Crippen LogP contribution in [0.5, 0.6) is 0 Å². The first-order chi connectivity index (χ1) is 6.85. The van der Waals surface area contributed by atoms with E-state index in [4.69, 9.17) is 4.74 Å². The summed E-state index contributed by atoms with van der Waals surface area (Å²) >= 11 is 0. The molecule has 0 rings (SSSR count). The Bertz CT molecular complexity index is 188. The minimum absolute atomic E-state index is 0.0834. The molecule has 0 aliphatic carbocycles. The summed E-state index contributed by atoms with van der Waals surface area (Å²) in [6.07, 6.45) is 0.698. The number of methoxy groups -OCH3 is 1. The number of nitrogens with one attached hydrogen (secondary N) is 2. The van der Waals surface area contributed by atoms with Crippen LogP contribution in [-0.4, -0.2) is 37.7 Å². The molecule has 0 heterocycles. The second-order valence-electron chi connectivity index (χ2n) is 4.80. The molecule has 0 spiro atoms. The van der Waals surface area contributed by atoms with Gasteiger partial charge in [0.15, 0.2) is 0 Å². The van der Waals surface area contributed by atoms with Gasteiger partial charge >= 0.3 is 0 Å². The lowest BCUT2D eigenvalue weighted by Gasteiger charge is -2.20. The SMILES string of the molecule is COC(C)CNCCC(=O)NC(C)(C)C. The molecule has 4 heteroatoms. The van der Waals surface area contributed by atoms with Gasteiger partial charge in [-0.15, -0.1) is 0 Å². The maximum atomic E-state index is 11.4. The monoisotopic (exact) mass is 216 g/mol. The van der Waals surface area contributed by atoms with Crippen molar-refractivity contribution in [2.45, 2.75) is 45.8 Å². The first-order valence-electron chi connectivity index (χ1n) is 5.39. The number of carbonyl (C=O) groups excluding carboxylic acids is 1. The fourth-order valence-electron chi connectivity index (χ4n) is 1.07. The van der Waals surface area contributed by atoms with Crippen LogP contribution in [0.15, 0.2) is 0 Å². The lowest BCUT2D eigenvalue weighted by Crippen LogP contribution is -2.41. The molecule has 0 aromatic rings. The third-order valence-corrected chi connectivity index (χ3v) is 1.88. The summed E-state index contributed by atoms with van der Waals surface area (Å²) in [5.74, 6) is 0.0834. The minimum atomic E-state index is -0.142. The van der Waals surface area contributed by atoms with Crippen molar-refractivity contribution in [1.29, 1.82) is 0 Å². The Hall–Kier alpha value is -0.610. The Morgan fingerprint density at radius 2 is 2.00 bits per heavy atom. The first kappa shape index (κ1) is 14.4. The van der Waals surface area contributed by atoms with E-state index < -0.39 is 0 Å². The number of amides is 1. The van der Waals surface area contributed by atoms with Gasteiger partial charge in [0.1, 0.15) is 0 Å². The number of hydrogen-bond acceptors (Lipinski definition) is 3. The topological polar surface area (TPSA) is 50.4 Å². The summed E-state index contributed by atoms with van der Waals surface area (Å²) in [5.41, 5.74) is -0.142. The lowest BCUT2D eigenvalue weighted by atomic mass is 10.1. The molecule has 0 bridgehead atoms. The molecule has 0 aromatic heterocycles. The van der Waals surface area contributed by atoms with Crippen LogP contribution in [0.1, 0.15) is 34.1 Å². The van der Waals surface area contributed by atoms with E-state index in [0.717, 1.165) is 6.54 Å². The van der Waals surface area contributed by atoms with Crippen molar-refractivity contribution in [3.63, 3.8) is 0 Å². The summed E-state index contributed by atoms with van der Waals surface area (Å²) in [7, 11) is 1.68. The van der Waals surface area contributed by atoms with E-state index in [9.17, 15) is 4.79 Å². The maximum Gasteiger partial charge on any atom is 0.221 e. The number of rotatable bonds is 6. The summed E-state index contributed by atoms with van der Waals surface area (Å²) in [5, 5.41) is 6.08. The van der Waals surface area contributed by atoms with Crippen LogP contribution in [0.4, 0.5) is 0 Å². The third kappa shape index (κ3) is 9.69. The third-order valence-electron chi connectivity index (χ3n) is 1.88. The molecule has 0 radical (unpaired) electrons. The first-order valence-corrected chi connectivity index (χ1v) is 5.39. The highest BCUT2D eigenvalue weighted by Crippen LogP contribution is 1.98. The highest BCUT2D eigenvalue weighted by Gasteiger charge is 2.12. The molecule has 15 heavy (non-hydrogen) atoms. The molecule has 2 N–H and O–H groups in total. The lowest BCUT2D eigenvalue weighted by molar-refractivity contribution is -0.122. The van der Waals surface area contributed by atoms with Gasteiger partial charge in [0, 0.05) is 32.2 Å². The standard InChI is InChI=1S/C11H24N2O2/c1-9(15-5)8-12-7-6-10(14)13-11(2,3)4/h9,12H,6-8H2,1-5H3,(H,13,14). The Labute approximate surface area is 92.8 Å². The fraction of sp³-hybridized carbons (Fsp3) is 0.909. The van der Waals surface area contributed by atoms with E-state index in [1.807, 2.05) is 27.7 Å². The van der Waals surface area contributed by atoms with Crippen LogP contribution in [0.3, 0.4) is 0 Å². The van der Waals surface area contributed by atoms with Crippen molar-refractivity contribution < 1.29 is 9.53 Å². The molecular weight excluding hydrogens is 192 g/mol. The fourth-order valence-corrected chi connectivity index (χ4v) is 1.07. The van der Waals surface area contributed by atoms with Crippen LogP contribution < -0.4 is 10.6 Å². The van der Waals surface area contributed by atoms with Crippen LogP contribution in [0, 0.1) is 0 Å². The smallest absolute Gasteiger partial charge is 0.221 e. The molecule has 1 atom stereocenters. The summed E-state index contributed by atoms with van der Waals surface area (Å²) in [6, 6.07) is 0. The molecule has 1 unspecified atom stereocenters. The summed E-state index contributed by atoms with van der Waals surface area (Å²) in [4.78, 5) is 11.4. The van der Waals surface area contributed by atoms with Gasteiger partial charge in [-0.25, -0.2) is 0 Å². The van der Waals surface area contributed by atoms with Gasteiger partial charge in [-0.1, -0.05) is 0 Å². The van der Waals surface area contributed by atoms with E-state index in [2.05, 4.69) is 10.6 Å². The number of carbonyl (C=O) groups is 1. The molecule has 0 fully saturated rings. The maximum absolute atomic E-state index is 11.4. The molecule has 0 aromatic carbocycles. The Morgan fingerprint density at radius 3 is 2.47 bits per heavy atom. The van der Waals surface area contributed by atoms with Crippen LogP contribution in [0.2, 0.25) is 0 Å². The summed E-state index contributed by atoms with van der Waals surface area (Å²) in [6.45, 7) is 9.39. The molecule has 90 valence electrons. The van der Waals surface area contributed by atoms with Crippen molar-refractivity contribution in [2.75, 3.05) is 20.2 Å². The van der Waals surface area contributed by atoms with Crippen molar-refractivity contribution in [3.05, 3.63) is 0 Å². The van der Waals surface area contributed by atoms with Crippen molar-refractivity contribution in [2.24, 2.45) is 0 Å². The molecular formula is C11H24N2O2. The quantitative estimate of drug-likeness (QED) is 0.649. The summed E-state index contributed by atoms with van der Waals surface area (Å²) < 4.78 is 5.07. The second kappa shape index (κ2) is 6.80. The predicted molar refractivity (Wildman–Crippen MR) is 61.9 cm³/mol. The minimum Gasteiger partial charge on any atom is -0.380 e. The molecule has 0 aliphatic rings. The Kier molecular flexibility index (Phi) is 6.52. The van der Waals surface area contributed by atoms with Crippen LogP contribution in [-0.2, 0) is 9.53 Å². The number of ether oxygens (including phenoxy) is 1. The number of hydrogen-bond donors (Lipinski definition) is 2. The second-order valence-corrected chi connectivity index (χ2v) is 4.80. The van der Waals surface area contributed by atoms with E-state index >= 15 is 0 Å². The Balaban J connectivity index is 3.48. The molecule has 0 saturated carbocycles. The van der Waals surface area contributed by atoms with Crippen molar-refractivity contribution in [3.8, 4) is 0 Å². The van der Waals surface area contributed by atoms with Gasteiger partial charge < -0.3 is 15.4 Å². The average Bonchev–Trinajstić information content (AvgIpc) is 2.09. The van der Waals surface area contributed by atoms with E-state index in [1.54, 1.807) is 7.11 Å². The van der Waals surface area contributed by atoms with Gasteiger partial charge in [-0.05, 0) is 27.7 Å². The van der Waals surface area contributed by atoms with E-state index in [-0.39, 0.29) is 17.6 Å². The molecule has 0 saturated heterocycles. The van der Waals surface area contributed by atoms with Crippen molar-refractivity contribution >= 4 is 5.91 Å². The Morgan fingerprint density at radius 1 is 1.40 bits per heavy atom. The van der Waals surface area contributed by atoms with Crippen LogP contribution >= 0.6 is 0 Å². The predicted octanol–water partition coefficient (Wildman–Crippen LogP) is 0.916. The highest BCUT2D eigenvalue weighted by molar-refractivity contribution is 5.76. The van der Waals surface area contributed by atoms with Crippen molar-refractivity contribution in [1.82, 2.24) is 10.6 Å². The van der Waals surface area contributed by atoms with E-state index in [1.165, 1.54) is 0 Å². The highest BCUT2D eigenvalue weighted by atomic mass is 16.5. The van der Waals surface area contributed by atoms with Crippen LogP contribution in [0.25, 0.3) is 0 Å². The average molecular weight is 216 g/mol. The van der Waals surface area contributed by atoms with Gasteiger partial charge in [-0.2, -0.15) is 0 Å². The van der Waals surface area contributed by atoms with Gasteiger partial charge in [0.25, 0.3) is 0 Å². The zero-order valence-corrected chi connectivity index (χ0v) is 10.5. The van der Waals surface area contributed by atoms with Gasteiger partial charge in [0.2, 0.25) is 5.91 Å². The zero-order valence-electron chi connectivity index (χ0n) is 10.5. The largest absolute Gasteiger partial charge is 0.380 e. The zero-order chi connectivity index (χ0) is 11.9. The molecule has 1 amide bonds. The van der Waals surface area contributed by atoms with Gasteiger partial charge in [0.05, 0.1) is 6.10 Å². The normalized spacial score (nSPS) is 13.7. The molecule has 0 aliphatic heterocycles. The molecule has 4 nitrogen and oxygen atoms in total. The van der Waals surface area contributed by atoms with E-state index in [0.29, 0.717) is 13.0 Å². The van der Waals surface area contributed by atoms with Gasteiger partial charge in [-0.3, -0.25) is 4.79 Å².